The first-order valence-corrected chi connectivity index (χ1v) is 15.6. The molecule has 0 amide bonds. The number of hydrogen-bond acceptors (Lipinski definition) is 2. The zero-order valence-electron chi connectivity index (χ0n) is 25.3. The van der Waals surface area contributed by atoms with Crippen molar-refractivity contribution in [2.45, 2.75) is 19.3 Å². The molecule has 0 N–H and O–H groups in total. The Kier molecular flexibility index (Phi) is 5.58. The monoisotopic (exact) mass is 577 g/mol. The minimum Gasteiger partial charge on any atom is -0.455 e. The van der Waals surface area contributed by atoms with Gasteiger partial charge in [-0.2, -0.15) is 0 Å². The molecule has 0 spiro atoms. The topological polar surface area (TPSA) is 16.4 Å². The molecule has 45 heavy (non-hydrogen) atoms. The predicted octanol–water partition coefficient (Wildman–Crippen LogP) is 12.2. The fraction of sp³-hybridized carbons (Fsp3) is 0.0698. The summed E-state index contributed by atoms with van der Waals surface area (Å²) >= 11 is 0. The van der Waals surface area contributed by atoms with E-state index in [0.717, 1.165) is 33.6 Å². The highest BCUT2D eigenvalue weighted by molar-refractivity contribution is 6.23. The molecule has 0 radical (unpaired) electrons. The molecular formula is C43H31NO. The average Bonchev–Trinajstić information content (AvgIpc) is 3.59. The van der Waals surface area contributed by atoms with Crippen molar-refractivity contribution in [3.8, 4) is 22.3 Å². The Labute approximate surface area is 262 Å². The van der Waals surface area contributed by atoms with Crippen molar-refractivity contribution in [1.82, 2.24) is 0 Å². The van der Waals surface area contributed by atoms with Crippen LogP contribution in [-0.2, 0) is 5.41 Å². The molecule has 1 aliphatic rings. The molecule has 1 aliphatic carbocycles. The average molecular weight is 578 g/mol. The van der Waals surface area contributed by atoms with E-state index in [1.54, 1.807) is 0 Å². The van der Waals surface area contributed by atoms with Gasteiger partial charge in [-0.15, -0.1) is 0 Å². The molecule has 0 atom stereocenters. The summed E-state index contributed by atoms with van der Waals surface area (Å²) in [7, 11) is 0. The second-order valence-electron chi connectivity index (χ2n) is 12.5. The minimum absolute atomic E-state index is 0.153. The van der Waals surface area contributed by atoms with Crippen molar-refractivity contribution in [1.29, 1.82) is 0 Å². The van der Waals surface area contributed by atoms with Gasteiger partial charge in [0.15, 0.2) is 0 Å². The number of nitrogens with zero attached hydrogens (tertiary/aromatic N) is 1. The molecule has 214 valence electrons. The van der Waals surface area contributed by atoms with Gasteiger partial charge >= 0.3 is 0 Å². The molecule has 0 saturated carbocycles. The van der Waals surface area contributed by atoms with Crippen LogP contribution in [0, 0.1) is 0 Å². The fourth-order valence-corrected chi connectivity index (χ4v) is 7.56. The van der Waals surface area contributed by atoms with Crippen molar-refractivity contribution >= 4 is 49.8 Å². The van der Waals surface area contributed by atoms with Crippen molar-refractivity contribution in [2.24, 2.45) is 0 Å². The van der Waals surface area contributed by atoms with E-state index in [1.807, 2.05) is 0 Å². The lowest BCUT2D eigenvalue weighted by molar-refractivity contribution is 0.659. The van der Waals surface area contributed by atoms with Crippen LogP contribution in [0.5, 0.6) is 0 Å². The Bertz CT molecular complexity index is 2380. The second-order valence-corrected chi connectivity index (χ2v) is 12.5. The smallest absolute Gasteiger partial charge is 0.143 e. The van der Waals surface area contributed by atoms with Gasteiger partial charge in [0, 0.05) is 38.6 Å². The Hall–Kier alpha value is -5.60. The lowest BCUT2D eigenvalue weighted by atomic mass is 9.79. The van der Waals surface area contributed by atoms with Crippen molar-refractivity contribution in [2.75, 3.05) is 4.90 Å². The molecule has 2 nitrogen and oxygen atoms in total. The highest BCUT2D eigenvalue weighted by atomic mass is 16.3. The lowest BCUT2D eigenvalue weighted by Crippen LogP contribution is -2.15. The zero-order chi connectivity index (χ0) is 30.1. The fourth-order valence-electron chi connectivity index (χ4n) is 7.56. The largest absolute Gasteiger partial charge is 0.455 e. The summed E-state index contributed by atoms with van der Waals surface area (Å²) in [4.78, 5) is 2.34. The van der Waals surface area contributed by atoms with Gasteiger partial charge < -0.3 is 9.32 Å². The van der Waals surface area contributed by atoms with Crippen molar-refractivity contribution in [3.05, 3.63) is 163 Å². The highest BCUT2D eigenvalue weighted by Crippen LogP contribution is 2.56. The third-order valence-electron chi connectivity index (χ3n) is 9.61. The van der Waals surface area contributed by atoms with Crippen molar-refractivity contribution < 1.29 is 4.42 Å². The number of para-hydroxylation sites is 2. The third-order valence-corrected chi connectivity index (χ3v) is 9.61. The van der Waals surface area contributed by atoms with Crippen LogP contribution < -0.4 is 4.90 Å². The molecule has 0 aliphatic heterocycles. The summed E-state index contributed by atoms with van der Waals surface area (Å²) in [6, 6.07) is 54.3. The van der Waals surface area contributed by atoms with Gasteiger partial charge in [-0.05, 0) is 81.2 Å². The first kappa shape index (κ1) is 25.9. The molecule has 0 unspecified atom stereocenters. The molecule has 7 aromatic carbocycles. The molecular weight excluding hydrogens is 546 g/mol. The third kappa shape index (κ3) is 3.82. The molecule has 2 heteroatoms. The number of rotatable bonds is 4. The number of hydrogen-bond donors (Lipinski definition) is 0. The van der Waals surface area contributed by atoms with Crippen LogP contribution in [0.3, 0.4) is 0 Å². The predicted molar refractivity (Wildman–Crippen MR) is 189 cm³/mol. The summed E-state index contributed by atoms with van der Waals surface area (Å²) < 4.78 is 6.78. The summed E-state index contributed by atoms with van der Waals surface area (Å²) in [5.41, 5.74) is 12.8. The van der Waals surface area contributed by atoms with E-state index in [0.29, 0.717) is 0 Å². The van der Waals surface area contributed by atoms with Crippen LogP contribution >= 0.6 is 0 Å². The van der Waals surface area contributed by atoms with Gasteiger partial charge in [-0.25, -0.2) is 0 Å². The van der Waals surface area contributed by atoms with Crippen LogP contribution in [0.25, 0.3) is 55.0 Å². The number of fused-ring (bicyclic) bond motifs is 10. The molecule has 0 fully saturated rings. The van der Waals surface area contributed by atoms with Gasteiger partial charge in [0.1, 0.15) is 11.2 Å². The van der Waals surface area contributed by atoms with Crippen molar-refractivity contribution in [3.63, 3.8) is 0 Å². The summed E-state index contributed by atoms with van der Waals surface area (Å²) in [5, 5.41) is 4.76. The summed E-state index contributed by atoms with van der Waals surface area (Å²) in [6.45, 7) is 4.71. The molecule has 1 heterocycles. The van der Waals surface area contributed by atoms with Gasteiger partial charge in [-0.1, -0.05) is 123 Å². The van der Waals surface area contributed by atoms with Gasteiger partial charge in [0.2, 0.25) is 0 Å². The van der Waals surface area contributed by atoms with E-state index in [1.165, 1.54) is 49.5 Å². The Morgan fingerprint density at radius 2 is 1.13 bits per heavy atom. The Morgan fingerprint density at radius 3 is 1.93 bits per heavy atom. The van der Waals surface area contributed by atoms with E-state index in [2.05, 4.69) is 170 Å². The summed E-state index contributed by atoms with van der Waals surface area (Å²) in [6.07, 6.45) is 0. The number of anilines is 3. The van der Waals surface area contributed by atoms with E-state index in [-0.39, 0.29) is 5.41 Å². The second kappa shape index (κ2) is 9.70. The SMILES string of the molecule is CC1(C)c2ccccc2-c2c1c1c3ccccc3oc1c1cc(N(c3ccccc3)c3ccc(-c4ccccc4)cc3)ccc21. The van der Waals surface area contributed by atoms with E-state index in [9.17, 15) is 0 Å². The van der Waals surface area contributed by atoms with E-state index >= 15 is 0 Å². The first-order chi connectivity index (χ1) is 22.1. The lowest BCUT2D eigenvalue weighted by Gasteiger charge is -2.26. The maximum atomic E-state index is 6.78. The summed E-state index contributed by atoms with van der Waals surface area (Å²) in [5.74, 6) is 0. The quantitative estimate of drug-likeness (QED) is 0.207. The number of furan rings is 1. The van der Waals surface area contributed by atoms with Gasteiger partial charge in [-0.3, -0.25) is 0 Å². The Balaban J connectivity index is 1.32. The van der Waals surface area contributed by atoms with E-state index in [4.69, 9.17) is 4.42 Å². The van der Waals surface area contributed by atoms with Crippen LogP contribution in [0.1, 0.15) is 25.0 Å². The van der Waals surface area contributed by atoms with E-state index < -0.39 is 0 Å². The molecule has 0 saturated heterocycles. The Morgan fingerprint density at radius 1 is 0.511 bits per heavy atom. The minimum atomic E-state index is -0.153. The van der Waals surface area contributed by atoms with Crippen LogP contribution in [0.4, 0.5) is 17.1 Å². The molecule has 1 aromatic heterocycles. The highest BCUT2D eigenvalue weighted by Gasteiger charge is 2.39. The van der Waals surface area contributed by atoms with Crippen LogP contribution in [-0.4, -0.2) is 0 Å². The zero-order valence-corrected chi connectivity index (χ0v) is 25.3. The molecule has 9 rings (SSSR count). The van der Waals surface area contributed by atoms with Crippen LogP contribution in [0.2, 0.25) is 0 Å². The normalized spacial score (nSPS) is 13.3. The maximum Gasteiger partial charge on any atom is 0.143 e. The first-order valence-electron chi connectivity index (χ1n) is 15.6. The van der Waals surface area contributed by atoms with Gasteiger partial charge in [0.05, 0.1) is 0 Å². The molecule has 0 bridgehead atoms. The standard InChI is InChI=1S/C43H31NO/c1-43(2)37-19-11-9-17-34(37)39-33-26-25-32(27-36(33)42-40(41(39)43)35-18-10-12-20-38(35)45-42)44(30-15-7-4-8-16-30)31-23-21-29(22-24-31)28-13-5-3-6-14-28/h3-27H,1-2H3. The maximum absolute atomic E-state index is 6.78. The molecule has 8 aromatic rings. The van der Waals surface area contributed by atoms with Crippen LogP contribution in [0.15, 0.2) is 156 Å². The van der Waals surface area contributed by atoms with Gasteiger partial charge in [0.25, 0.3) is 0 Å². The number of benzene rings is 7.